The molecule has 3 aromatic rings. The normalized spacial score (nSPS) is 11.7. The lowest BCUT2D eigenvalue weighted by molar-refractivity contribution is 0.550. The SMILES string of the molecule is Cc1ccc(-c2csc3nc(Cl)nc(N(CC(C)C)CC(C)C)c23)c(C)c1. The highest BCUT2D eigenvalue weighted by molar-refractivity contribution is 7.17. The van der Waals surface area contributed by atoms with Crippen molar-refractivity contribution in [2.24, 2.45) is 11.8 Å². The molecular weight excluding hydrogens is 374 g/mol. The molecule has 3 rings (SSSR count). The molecule has 1 aromatic carbocycles. The van der Waals surface area contributed by atoms with Crippen molar-refractivity contribution in [3.05, 3.63) is 40.0 Å². The molecule has 0 amide bonds. The predicted octanol–water partition coefficient (Wildman–Crippen LogP) is 6.75. The van der Waals surface area contributed by atoms with Crippen molar-refractivity contribution in [3.8, 4) is 11.1 Å². The topological polar surface area (TPSA) is 29.0 Å². The van der Waals surface area contributed by atoms with Crippen LogP contribution in [0.25, 0.3) is 21.3 Å². The van der Waals surface area contributed by atoms with Gasteiger partial charge in [-0.15, -0.1) is 11.3 Å². The number of benzene rings is 1. The molecule has 0 aliphatic carbocycles. The van der Waals surface area contributed by atoms with Crippen molar-refractivity contribution in [3.63, 3.8) is 0 Å². The fourth-order valence-electron chi connectivity index (χ4n) is 3.57. The van der Waals surface area contributed by atoms with Crippen molar-refractivity contribution in [1.82, 2.24) is 9.97 Å². The fraction of sp³-hybridized carbons (Fsp3) is 0.455. The predicted molar refractivity (Wildman–Crippen MR) is 119 cm³/mol. The lowest BCUT2D eigenvalue weighted by Gasteiger charge is -2.28. The third-order valence-electron chi connectivity index (χ3n) is 4.53. The molecule has 0 radical (unpaired) electrons. The molecule has 0 bridgehead atoms. The molecule has 3 nitrogen and oxygen atoms in total. The van der Waals surface area contributed by atoms with Crippen LogP contribution < -0.4 is 4.90 Å². The van der Waals surface area contributed by atoms with E-state index < -0.39 is 0 Å². The lowest BCUT2D eigenvalue weighted by Crippen LogP contribution is -2.32. The number of nitrogens with zero attached hydrogens (tertiary/aromatic N) is 3. The first kappa shape index (κ1) is 20.1. The molecule has 2 heterocycles. The summed E-state index contributed by atoms with van der Waals surface area (Å²) in [4.78, 5) is 12.6. The van der Waals surface area contributed by atoms with Gasteiger partial charge in [-0.1, -0.05) is 51.5 Å². The van der Waals surface area contributed by atoms with Crippen molar-refractivity contribution >= 4 is 39.0 Å². The van der Waals surface area contributed by atoms with Gasteiger partial charge >= 0.3 is 0 Å². The number of thiophene rings is 1. The molecule has 0 saturated carbocycles. The number of hydrogen-bond acceptors (Lipinski definition) is 4. The van der Waals surface area contributed by atoms with Gasteiger partial charge in [0.1, 0.15) is 10.6 Å². The second-order valence-electron chi connectivity index (χ2n) is 8.16. The Hall–Kier alpha value is -1.65. The minimum Gasteiger partial charge on any atom is -0.355 e. The molecule has 0 spiro atoms. The average molecular weight is 402 g/mol. The van der Waals surface area contributed by atoms with Gasteiger partial charge in [0.2, 0.25) is 5.28 Å². The Morgan fingerprint density at radius 3 is 2.26 bits per heavy atom. The van der Waals surface area contributed by atoms with Crippen LogP contribution >= 0.6 is 22.9 Å². The second-order valence-corrected chi connectivity index (χ2v) is 9.35. The zero-order valence-corrected chi connectivity index (χ0v) is 18.6. The molecular formula is C22H28ClN3S. The van der Waals surface area contributed by atoms with Crippen LogP contribution in [0.15, 0.2) is 23.6 Å². The van der Waals surface area contributed by atoms with E-state index in [1.54, 1.807) is 11.3 Å². The van der Waals surface area contributed by atoms with E-state index >= 15 is 0 Å². The van der Waals surface area contributed by atoms with Crippen LogP contribution in [0.4, 0.5) is 5.82 Å². The van der Waals surface area contributed by atoms with Crippen molar-refractivity contribution in [2.75, 3.05) is 18.0 Å². The van der Waals surface area contributed by atoms with Gasteiger partial charge in [0.05, 0.1) is 5.39 Å². The highest BCUT2D eigenvalue weighted by Crippen LogP contribution is 2.40. The monoisotopic (exact) mass is 401 g/mol. The Labute approximate surface area is 171 Å². The van der Waals surface area contributed by atoms with Crippen LogP contribution in [0, 0.1) is 25.7 Å². The fourth-order valence-corrected chi connectivity index (χ4v) is 4.72. The summed E-state index contributed by atoms with van der Waals surface area (Å²) in [5.41, 5.74) is 5.00. The van der Waals surface area contributed by atoms with Crippen LogP contribution in [0.5, 0.6) is 0 Å². The highest BCUT2D eigenvalue weighted by atomic mass is 35.5. The van der Waals surface area contributed by atoms with Crippen molar-refractivity contribution in [1.29, 1.82) is 0 Å². The van der Waals surface area contributed by atoms with E-state index in [2.05, 4.69) is 75.0 Å². The molecule has 0 aliphatic heterocycles. The van der Waals surface area contributed by atoms with Crippen LogP contribution in [0.3, 0.4) is 0 Å². The number of aromatic nitrogens is 2. The maximum atomic E-state index is 6.31. The molecule has 0 aliphatic rings. The number of rotatable bonds is 6. The van der Waals surface area contributed by atoms with Crippen LogP contribution in [-0.4, -0.2) is 23.1 Å². The van der Waals surface area contributed by atoms with Gasteiger partial charge in [-0.25, -0.2) is 4.98 Å². The Bertz CT molecular complexity index is 936. The van der Waals surface area contributed by atoms with E-state index in [1.165, 1.54) is 22.3 Å². The molecule has 0 fully saturated rings. The number of anilines is 1. The van der Waals surface area contributed by atoms with E-state index in [9.17, 15) is 0 Å². The molecule has 27 heavy (non-hydrogen) atoms. The maximum absolute atomic E-state index is 6.31. The van der Waals surface area contributed by atoms with Gasteiger partial charge in [-0.3, -0.25) is 0 Å². The highest BCUT2D eigenvalue weighted by Gasteiger charge is 2.21. The van der Waals surface area contributed by atoms with E-state index in [0.29, 0.717) is 17.1 Å². The molecule has 144 valence electrons. The molecule has 2 aromatic heterocycles. The molecule has 5 heteroatoms. The summed E-state index contributed by atoms with van der Waals surface area (Å²) in [6.07, 6.45) is 0. The Balaban J connectivity index is 2.23. The number of hydrogen-bond donors (Lipinski definition) is 0. The first-order valence-electron chi connectivity index (χ1n) is 9.53. The Kier molecular flexibility index (Phi) is 6.07. The summed E-state index contributed by atoms with van der Waals surface area (Å²) >= 11 is 7.95. The van der Waals surface area contributed by atoms with Crippen LogP contribution in [0.1, 0.15) is 38.8 Å². The number of halogens is 1. The van der Waals surface area contributed by atoms with Gasteiger partial charge in [-0.2, -0.15) is 4.98 Å². The molecule has 0 saturated heterocycles. The molecule has 0 unspecified atom stereocenters. The van der Waals surface area contributed by atoms with Gasteiger partial charge in [0, 0.05) is 24.0 Å². The second kappa shape index (κ2) is 8.15. The minimum atomic E-state index is 0.323. The number of aryl methyl sites for hydroxylation is 2. The lowest BCUT2D eigenvalue weighted by atomic mass is 9.98. The zero-order valence-electron chi connectivity index (χ0n) is 17.0. The van der Waals surface area contributed by atoms with Crippen molar-refractivity contribution < 1.29 is 0 Å². The van der Waals surface area contributed by atoms with Crippen LogP contribution in [0.2, 0.25) is 5.28 Å². The average Bonchev–Trinajstić information content (AvgIpc) is 2.96. The quantitative estimate of drug-likeness (QED) is 0.428. The van der Waals surface area contributed by atoms with E-state index in [4.69, 9.17) is 16.6 Å². The standard InChI is InChI=1S/C22H28ClN3S/c1-13(2)10-26(11-14(3)4)20-19-18(12-27-21(19)25-22(23)24-20)17-8-7-15(5)9-16(17)6/h7-9,12-14H,10-11H2,1-6H3. The smallest absolute Gasteiger partial charge is 0.225 e. The Morgan fingerprint density at radius 1 is 1.00 bits per heavy atom. The first-order valence-corrected chi connectivity index (χ1v) is 10.8. The first-order chi connectivity index (χ1) is 12.8. The number of fused-ring (bicyclic) bond motifs is 1. The van der Waals surface area contributed by atoms with Gasteiger partial charge < -0.3 is 4.90 Å². The van der Waals surface area contributed by atoms with Gasteiger partial charge in [0.25, 0.3) is 0 Å². The minimum absolute atomic E-state index is 0.323. The van der Waals surface area contributed by atoms with Gasteiger partial charge in [-0.05, 0) is 48.4 Å². The van der Waals surface area contributed by atoms with Gasteiger partial charge in [0.15, 0.2) is 0 Å². The summed E-state index contributed by atoms with van der Waals surface area (Å²) in [6, 6.07) is 6.61. The van der Waals surface area contributed by atoms with E-state index in [-0.39, 0.29) is 0 Å². The summed E-state index contributed by atoms with van der Waals surface area (Å²) in [5, 5.41) is 3.64. The van der Waals surface area contributed by atoms with Crippen molar-refractivity contribution in [2.45, 2.75) is 41.5 Å². The zero-order chi connectivity index (χ0) is 19.7. The third kappa shape index (κ3) is 4.44. The maximum Gasteiger partial charge on any atom is 0.225 e. The summed E-state index contributed by atoms with van der Waals surface area (Å²) in [6.45, 7) is 15.2. The Morgan fingerprint density at radius 2 is 1.67 bits per heavy atom. The molecule has 0 N–H and O–H groups in total. The van der Waals surface area contributed by atoms with Crippen LogP contribution in [-0.2, 0) is 0 Å². The summed E-state index contributed by atoms with van der Waals surface area (Å²) < 4.78 is 0. The molecule has 0 atom stereocenters. The van der Waals surface area contributed by atoms with E-state index in [1.807, 2.05) is 0 Å². The largest absolute Gasteiger partial charge is 0.355 e. The summed E-state index contributed by atoms with van der Waals surface area (Å²) in [5.74, 6) is 2.04. The van der Waals surface area contributed by atoms with E-state index in [0.717, 1.165) is 29.1 Å². The summed E-state index contributed by atoms with van der Waals surface area (Å²) in [7, 11) is 0. The third-order valence-corrected chi connectivity index (χ3v) is 5.57.